The summed E-state index contributed by atoms with van der Waals surface area (Å²) in [7, 11) is 1.65. The Labute approximate surface area is 115 Å². The van der Waals surface area contributed by atoms with Crippen LogP contribution in [0.1, 0.15) is 19.8 Å². The highest BCUT2D eigenvalue weighted by Crippen LogP contribution is 2.14. The number of allylic oxidation sites excluding steroid dienone is 3. The molecular weight excluding hydrogens is 246 g/mol. The van der Waals surface area contributed by atoms with Crippen LogP contribution in [0.5, 0.6) is 0 Å². The normalized spacial score (nSPS) is 14.6. The van der Waals surface area contributed by atoms with E-state index in [9.17, 15) is 5.11 Å². The second-order valence-electron chi connectivity index (χ2n) is 3.75. The molecule has 3 nitrogen and oxygen atoms in total. The molecule has 0 saturated carbocycles. The Kier molecular flexibility index (Phi) is 10.9. The number of methoxy groups -OCH3 is 1. The van der Waals surface area contributed by atoms with Gasteiger partial charge in [0.1, 0.15) is 12.0 Å². The van der Waals surface area contributed by atoms with Gasteiger partial charge in [0.2, 0.25) is 0 Å². The van der Waals surface area contributed by atoms with Crippen molar-refractivity contribution in [2.75, 3.05) is 25.7 Å². The first-order chi connectivity index (χ1) is 8.71. The first-order valence-electron chi connectivity index (χ1n) is 6.15. The van der Waals surface area contributed by atoms with E-state index in [1.165, 1.54) is 0 Å². The van der Waals surface area contributed by atoms with E-state index in [2.05, 4.69) is 18.2 Å². The lowest BCUT2D eigenvalue weighted by atomic mass is 10.1. The third kappa shape index (κ3) is 6.89. The third-order valence-electron chi connectivity index (χ3n) is 2.48. The summed E-state index contributed by atoms with van der Waals surface area (Å²) >= 11 is 1.78. The standard InChI is InChI=1S/C14H25NO2S/c1-5-7-8-9-13(16)12(6-2)14(17-3)15-10-11-18-4/h5,8-9,14-16H,1,6-7,10-11H2,2-4H3/b9-8-,13-12-. The average Bonchev–Trinajstić information content (AvgIpc) is 2.38. The van der Waals surface area contributed by atoms with Gasteiger partial charge in [-0.15, -0.1) is 6.58 Å². The molecule has 0 radical (unpaired) electrons. The summed E-state index contributed by atoms with van der Waals surface area (Å²) in [6.45, 7) is 6.50. The molecule has 0 aliphatic rings. The van der Waals surface area contributed by atoms with Crippen molar-refractivity contribution in [2.24, 2.45) is 0 Å². The molecule has 0 saturated heterocycles. The van der Waals surface area contributed by atoms with Crippen LogP contribution in [0.15, 0.2) is 36.1 Å². The van der Waals surface area contributed by atoms with E-state index in [-0.39, 0.29) is 12.0 Å². The molecule has 0 aromatic heterocycles. The predicted molar refractivity (Wildman–Crippen MR) is 81.1 cm³/mol. The maximum atomic E-state index is 10.0. The van der Waals surface area contributed by atoms with Crippen molar-refractivity contribution in [3.05, 3.63) is 36.1 Å². The minimum absolute atomic E-state index is 0.226. The molecule has 2 N–H and O–H groups in total. The maximum Gasteiger partial charge on any atom is 0.133 e. The molecule has 0 aromatic carbocycles. The number of hydrogen-bond acceptors (Lipinski definition) is 4. The highest BCUT2D eigenvalue weighted by atomic mass is 32.2. The number of thioether (sulfide) groups is 1. The number of nitrogens with one attached hydrogen (secondary N) is 1. The Hall–Kier alpha value is -0.710. The first kappa shape index (κ1) is 17.3. The Morgan fingerprint density at radius 3 is 2.78 bits per heavy atom. The van der Waals surface area contributed by atoms with E-state index in [1.807, 2.05) is 13.0 Å². The summed E-state index contributed by atoms with van der Waals surface area (Å²) in [5, 5.41) is 13.3. The topological polar surface area (TPSA) is 41.5 Å². The predicted octanol–water partition coefficient (Wildman–Crippen LogP) is 3.27. The number of aliphatic hydroxyl groups excluding tert-OH is 1. The fourth-order valence-corrected chi connectivity index (χ4v) is 1.85. The Morgan fingerprint density at radius 1 is 1.56 bits per heavy atom. The van der Waals surface area contributed by atoms with E-state index >= 15 is 0 Å². The molecule has 0 bridgehead atoms. The molecule has 18 heavy (non-hydrogen) atoms. The fraction of sp³-hybridized carbons (Fsp3) is 0.571. The van der Waals surface area contributed by atoms with Crippen LogP contribution in [-0.2, 0) is 4.74 Å². The summed E-state index contributed by atoms with van der Waals surface area (Å²) in [4.78, 5) is 0. The molecule has 0 spiro atoms. The van der Waals surface area contributed by atoms with Gasteiger partial charge < -0.3 is 9.84 Å². The van der Waals surface area contributed by atoms with Crippen molar-refractivity contribution < 1.29 is 9.84 Å². The minimum atomic E-state index is -0.226. The quantitative estimate of drug-likeness (QED) is 0.210. The summed E-state index contributed by atoms with van der Waals surface area (Å²) in [6.07, 6.45) is 8.72. The lowest BCUT2D eigenvalue weighted by molar-refractivity contribution is 0.0990. The molecule has 0 fully saturated rings. The SMILES string of the molecule is C=CC/C=C\C(O)=C(/CC)C(NCCSC)OC. The van der Waals surface area contributed by atoms with E-state index in [1.54, 1.807) is 31.0 Å². The van der Waals surface area contributed by atoms with Gasteiger partial charge in [0.25, 0.3) is 0 Å². The molecule has 0 heterocycles. The molecule has 1 atom stereocenters. The Balaban J connectivity index is 4.65. The monoisotopic (exact) mass is 271 g/mol. The lowest BCUT2D eigenvalue weighted by Crippen LogP contribution is -2.34. The molecule has 0 rings (SSSR count). The minimum Gasteiger partial charge on any atom is -0.508 e. The number of rotatable bonds is 10. The van der Waals surface area contributed by atoms with Crippen LogP contribution >= 0.6 is 11.8 Å². The van der Waals surface area contributed by atoms with Gasteiger partial charge in [-0.2, -0.15) is 11.8 Å². The molecule has 104 valence electrons. The fourth-order valence-electron chi connectivity index (χ4n) is 1.52. The van der Waals surface area contributed by atoms with E-state index in [4.69, 9.17) is 4.74 Å². The molecule has 0 aliphatic heterocycles. The van der Waals surface area contributed by atoms with Crippen LogP contribution in [0.2, 0.25) is 0 Å². The van der Waals surface area contributed by atoms with Gasteiger partial charge in [0.15, 0.2) is 0 Å². The smallest absolute Gasteiger partial charge is 0.133 e. The van der Waals surface area contributed by atoms with Crippen LogP contribution in [0.25, 0.3) is 0 Å². The Bertz CT molecular complexity index is 288. The van der Waals surface area contributed by atoms with Gasteiger partial charge in [0, 0.05) is 25.0 Å². The van der Waals surface area contributed by atoms with Gasteiger partial charge in [0.05, 0.1) is 0 Å². The first-order valence-corrected chi connectivity index (χ1v) is 7.55. The van der Waals surface area contributed by atoms with Crippen LogP contribution in [0, 0.1) is 0 Å². The third-order valence-corrected chi connectivity index (χ3v) is 3.09. The summed E-state index contributed by atoms with van der Waals surface area (Å²) in [5.74, 6) is 1.30. The van der Waals surface area contributed by atoms with Gasteiger partial charge in [-0.25, -0.2) is 0 Å². The molecular formula is C14H25NO2S. The van der Waals surface area contributed by atoms with Gasteiger partial charge in [-0.3, -0.25) is 5.32 Å². The number of hydrogen-bond donors (Lipinski definition) is 2. The second kappa shape index (κ2) is 11.4. The molecule has 0 aliphatic carbocycles. The summed E-state index contributed by atoms with van der Waals surface area (Å²) in [5.41, 5.74) is 0.874. The zero-order chi connectivity index (χ0) is 13.8. The van der Waals surface area contributed by atoms with Gasteiger partial charge in [-0.1, -0.05) is 19.1 Å². The lowest BCUT2D eigenvalue weighted by Gasteiger charge is -2.20. The van der Waals surface area contributed by atoms with Crippen LogP contribution < -0.4 is 5.32 Å². The van der Waals surface area contributed by atoms with E-state index < -0.39 is 0 Å². The van der Waals surface area contributed by atoms with Crippen molar-refractivity contribution in [1.82, 2.24) is 5.32 Å². The van der Waals surface area contributed by atoms with Crippen molar-refractivity contribution in [1.29, 1.82) is 0 Å². The number of aliphatic hydroxyl groups is 1. The van der Waals surface area contributed by atoms with Gasteiger partial charge >= 0.3 is 0 Å². The van der Waals surface area contributed by atoms with Crippen molar-refractivity contribution >= 4 is 11.8 Å². The average molecular weight is 271 g/mol. The molecule has 1 unspecified atom stereocenters. The van der Waals surface area contributed by atoms with Crippen LogP contribution in [0.3, 0.4) is 0 Å². The summed E-state index contributed by atoms with van der Waals surface area (Å²) in [6, 6.07) is 0. The van der Waals surface area contributed by atoms with Crippen LogP contribution in [0.4, 0.5) is 0 Å². The van der Waals surface area contributed by atoms with E-state index in [0.29, 0.717) is 0 Å². The zero-order valence-electron chi connectivity index (χ0n) is 11.6. The summed E-state index contributed by atoms with van der Waals surface area (Å²) < 4.78 is 5.39. The molecule has 4 heteroatoms. The molecule has 0 amide bonds. The number of ether oxygens (including phenoxy) is 1. The van der Waals surface area contributed by atoms with Crippen molar-refractivity contribution in [3.8, 4) is 0 Å². The van der Waals surface area contributed by atoms with Crippen molar-refractivity contribution in [3.63, 3.8) is 0 Å². The molecule has 0 aromatic rings. The zero-order valence-corrected chi connectivity index (χ0v) is 12.4. The Morgan fingerprint density at radius 2 is 2.28 bits per heavy atom. The van der Waals surface area contributed by atoms with E-state index in [0.717, 1.165) is 30.7 Å². The second-order valence-corrected chi connectivity index (χ2v) is 4.74. The van der Waals surface area contributed by atoms with Crippen molar-refractivity contribution in [2.45, 2.75) is 26.0 Å². The maximum absolute atomic E-state index is 10.0. The van der Waals surface area contributed by atoms with Crippen LogP contribution in [-0.4, -0.2) is 37.0 Å². The largest absolute Gasteiger partial charge is 0.508 e. The highest BCUT2D eigenvalue weighted by Gasteiger charge is 2.14. The van der Waals surface area contributed by atoms with Gasteiger partial charge in [-0.05, 0) is 25.2 Å². The highest BCUT2D eigenvalue weighted by molar-refractivity contribution is 7.98.